The Morgan fingerprint density at radius 2 is 2.00 bits per heavy atom. The highest BCUT2D eigenvalue weighted by Crippen LogP contribution is 2.28. The molecule has 0 atom stereocenters. The van der Waals surface area contributed by atoms with E-state index in [1.54, 1.807) is 0 Å². The number of aromatic nitrogens is 2. The first-order chi connectivity index (χ1) is 10.6. The Labute approximate surface area is 145 Å². The van der Waals surface area contributed by atoms with Crippen LogP contribution >= 0.6 is 34.2 Å². The molecule has 0 radical (unpaired) electrons. The summed E-state index contributed by atoms with van der Waals surface area (Å²) in [5.41, 5.74) is 7.16. The van der Waals surface area contributed by atoms with E-state index >= 15 is 0 Å². The van der Waals surface area contributed by atoms with Crippen LogP contribution in [0.25, 0.3) is 11.5 Å². The topological polar surface area (TPSA) is 74.2 Å². The fourth-order valence-corrected chi connectivity index (χ4v) is 2.73. The van der Waals surface area contributed by atoms with Gasteiger partial charge < -0.3 is 14.9 Å². The summed E-state index contributed by atoms with van der Waals surface area (Å²) >= 11 is 8.31. The third-order valence-corrected chi connectivity index (χ3v) is 4.17. The van der Waals surface area contributed by atoms with Crippen molar-refractivity contribution >= 4 is 40.2 Å². The van der Waals surface area contributed by atoms with Crippen molar-refractivity contribution in [1.29, 1.82) is 0 Å². The van der Waals surface area contributed by atoms with Crippen molar-refractivity contribution in [2.75, 3.05) is 5.73 Å². The SMILES string of the molecule is Nc1nnc(-c2ccc(OCc3ccccc3Cl)c(I)c2)o1. The fourth-order valence-electron chi connectivity index (χ4n) is 1.87. The van der Waals surface area contributed by atoms with E-state index in [1.807, 2.05) is 42.5 Å². The summed E-state index contributed by atoms with van der Waals surface area (Å²) in [4.78, 5) is 0. The number of hydrogen-bond donors (Lipinski definition) is 1. The fraction of sp³-hybridized carbons (Fsp3) is 0.0667. The zero-order valence-electron chi connectivity index (χ0n) is 11.3. The van der Waals surface area contributed by atoms with Crippen molar-refractivity contribution in [2.45, 2.75) is 6.61 Å². The van der Waals surface area contributed by atoms with Crippen LogP contribution in [0, 0.1) is 3.57 Å². The molecule has 0 amide bonds. The molecule has 0 saturated heterocycles. The monoisotopic (exact) mass is 427 g/mol. The van der Waals surface area contributed by atoms with Crippen molar-refractivity contribution in [2.24, 2.45) is 0 Å². The zero-order chi connectivity index (χ0) is 15.5. The molecule has 112 valence electrons. The van der Waals surface area contributed by atoms with E-state index in [0.717, 1.165) is 20.4 Å². The molecule has 0 unspecified atom stereocenters. The number of hydrogen-bond acceptors (Lipinski definition) is 5. The highest BCUT2D eigenvalue weighted by molar-refractivity contribution is 14.1. The van der Waals surface area contributed by atoms with Crippen molar-refractivity contribution < 1.29 is 9.15 Å². The van der Waals surface area contributed by atoms with Crippen LogP contribution in [0.3, 0.4) is 0 Å². The molecule has 22 heavy (non-hydrogen) atoms. The van der Waals surface area contributed by atoms with Crippen molar-refractivity contribution in [3.63, 3.8) is 0 Å². The van der Waals surface area contributed by atoms with Crippen LogP contribution in [0.15, 0.2) is 46.9 Å². The maximum Gasteiger partial charge on any atom is 0.313 e. The second-order valence-electron chi connectivity index (χ2n) is 4.47. The molecular formula is C15H11ClIN3O2. The Morgan fingerprint density at radius 1 is 1.18 bits per heavy atom. The molecule has 0 spiro atoms. The Bertz CT molecular complexity index is 807. The number of nitrogens with zero attached hydrogens (tertiary/aromatic N) is 2. The van der Waals surface area contributed by atoms with Gasteiger partial charge in [0.1, 0.15) is 12.4 Å². The molecule has 2 aromatic carbocycles. The Morgan fingerprint density at radius 3 is 2.68 bits per heavy atom. The van der Waals surface area contributed by atoms with Gasteiger partial charge >= 0.3 is 6.01 Å². The van der Waals surface area contributed by atoms with Gasteiger partial charge in [-0.25, -0.2) is 0 Å². The largest absolute Gasteiger partial charge is 0.488 e. The molecular weight excluding hydrogens is 417 g/mol. The average Bonchev–Trinajstić information content (AvgIpc) is 2.94. The highest BCUT2D eigenvalue weighted by Gasteiger charge is 2.10. The summed E-state index contributed by atoms with van der Waals surface area (Å²) in [5, 5.41) is 8.19. The zero-order valence-corrected chi connectivity index (χ0v) is 14.2. The predicted octanol–water partition coefficient (Wildman–Crippen LogP) is 4.16. The quantitative estimate of drug-likeness (QED) is 0.633. The first kappa shape index (κ1) is 15.1. The van der Waals surface area contributed by atoms with Crippen molar-refractivity contribution in [3.05, 3.63) is 56.6 Å². The molecule has 1 aromatic heterocycles. The van der Waals surface area contributed by atoms with Gasteiger partial charge in [-0.15, -0.1) is 5.10 Å². The maximum atomic E-state index is 6.12. The van der Waals surface area contributed by atoms with Crippen LogP contribution in [-0.4, -0.2) is 10.2 Å². The molecule has 3 aromatic rings. The number of nitrogens with two attached hydrogens (primary N) is 1. The molecule has 0 aliphatic carbocycles. The number of halogens is 2. The molecule has 0 fully saturated rings. The number of rotatable bonds is 4. The summed E-state index contributed by atoms with van der Waals surface area (Å²) < 4.78 is 11.9. The van der Waals surface area contributed by atoms with Gasteiger partial charge in [0.2, 0.25) is 5.89 Å². The van der Waals surface area contributed by atoms with E-state index < -0.39 is 0 Å². The minimum absolute atomic E-state index is 0.0454. The lowest BCUT2D eigenvalue weighted by molar-refractivity contribution is 0.304. The summed E-state index contributed by atoms with van der Waals surface area (Å²) in [6.45, 7) is 0.405. The molecule has 0 aliphatic rings. The van der Waals surface area contributed by atoms with E-state index in [1.165, 1.54) is 0 Å². The summed E-state index contributed by atoms with van der Waals surface area (Å²) in [6, 6.07) is 13.2. The molecule has 3 rings (SSSR count). The molecule has 2 N–H and O–H groups in total. The van der Waals surface area contributed by atoms with E-state index in [9.17, 15) is 0 Å². The van der Waals surface area contributed by atoms with E-state index in [4.69, 9.17) is 26.5 Å². The Kier molecular flexibility index (Phi) is 4.49. The molecule has 7 heteroatoms. The first-order valence-corrected chi connectivity index (χ1v) is 7.84. The van der Waals surface area contributed by atoms with Crippen LogP contribution in [0.5, 0.6) is 5.75 Å². The second kappa shape index (κ2) is 6.53. The highest BCUT2D eigenvalue weighted by atomic mass is 127. The molecule has 0 bridgehead atoms. The second-order valence-corrected chi connectivity index (χ2v) is 6.04. The molecule has 0 saturated carbocycles. The van der Waals surface area contributed by atoms with Gasteiger partial charge in [-0.2, -0.15) is 0 Å². The lowest BCUT2D eigenvalue weighted by atomic mass is 10.2. The summed E-state index contributed by atoms with van der Waals surface area (Å²) in [6.07, 6.45) is 0. The van der Waals surface area contributed by atoms with Gasteiger partial charge in [0.25, 0.3) is 0 Å². The van der Waals surface area contributed by atoms with E-state index in [-0.39, 0.29) is 6.01 Å². The van der Waals surface area contributed by atoms with Gasteiger partial charge in [0.05, 0.1) is 3.57 Å². The standard InChI is InChI=1S/C15H11ClIN3O2/c16-11-4-2-1-3-10(11)8-21-13-6-5-9(7-12(13)17)14-19-20-15(18)22-14/h1-7H,8H2,(H2,18,20). The Hall–Kier alpha value is -1.80. The average molecular weight is 428 g/mol. The number of nitrogen functional groups attached to an aromatic ring is 1. The molecule has 1 heterocycles. The van der Waals surface area contributed by atoms with Crippen LogP contribution in [0.4, 0.5) is 6.01 Å². The van der Waals surface area contributed by atoms with Gasteiger partial charge in [-0.1, -0.05) is 34.9 Å². The maximum absolute atomic E-state index is 6.12. The van der Waals surface area contributed by atoms with Crippen LogP contribution in [0.2, 0.25) is 5.02 Å². The minimum Gasteiger partial charge on any atom is -0.488 e. The van der Waals surface area contributed by atoms with Crippen LogP contribution < -0.4 is 10.5 Å². The van der Waals surface area contributed by atoms with Crippen molar-refractivity contribution in [1.82, 2.24) is 10.2 Å². The normalized spacial score (nSPS) is 10.6. The summed E-state index contributed by atoms with van der Waals surface area (Å²) in [7, 11) is 0. The minimum atomic E-state index is 0.0454. The van der Waals surface area contributed by atoms with Crippen LogP contribution in [-0.2, 0) is 6.61 Å². The number of ether oxygens (including phenoxy) is 1. The first-order valence-electron chi connectivity index (χ1n) is 6.38. The lowest BCUT2D eigenvalue weighted by Gasteiger charge is -2.10. The number of anilines is 1. The third kappa shape index (κ3) is 3.33. The lowest BCUT2D eigenvalue weighted by Crippen LogP contribution is -1.98. The van der Waals surface area contributed by atoms with E-state index in [0.29, 0.717) is 17.5 Å². The Balaban J connectivity index is 1.77. The summed E-state index contributed by atoms with van der Waals surface area (Å²) in [5.74, 6) is 1.14. The van der Waals surface area contributed by atoms with E-state index in [2.05, 4.69) is 32.8 Å². The smallest absolute Gasteiger partial charge is 0.313 e. The van der Waals surface area contributed by atoms with Gasteiger partial charge in [-0.3, -0.25) is 0 Å². The third-order valence-electron chi connectivity index (χ3n) is 2.96. The van der Waals surface area contributed by atoms with Gasteiger partial charge in [0, 0.05) is 16.1 Å². The predicted molar refractivity (Wildman–Crippen MR) is 92.6 cm³/mol. The molecule has 0 aliphatic heterocycles. The molecule has 5 nitrogen and oxygen atoms in total. The van der Waals surface area contributed by atoms with Crippen LogP contribution in [0.1, 0.15) is 5.56 Å². The number of benzene rings is 2. The van der Waals surface area contributed by atoms with Gasteiger partial charge in [0.15, 0.2) is 0 Å². The van der Waals surface area contributed by atoms with Gasteiger partial charge in [-0.05, 0) is 46.9 Å². The van der Waals surface area contributed by atoms with Crippen molar-refractivity contribution in [3.8, 4) is 17.2 Å².